The lowest BCUT2D eigenvalue weighted by atomic mass is 10.3. The Morgan fingerprint density at radius 3 is 3.00 bits per heavy atom. The molecule has 5 nitrogen and oxygen atoms in total. The zero-order chi connectivity index (χ0) is 12.4. The van der Waals surface area contributed by atoms with Crippen LogP contribution in [0.3, 0.4) is 0 Å². The van der Waals surface area contributed by atoms with Crippen LogP contribution in [0.2, 0.25) is 5.02 Å². The van der Waals surface area contributed by atoms with E-state index < -0.39 is 11.5 Å². The third kappa shape index (κ3) is 2.14. The number of hydrogen-bond acceptors (Lipinski definition) is 3. The summed E-state index contributed by atoms with van der Waals surface area (Å²) in [5, 5.41) is 0.411. The largest absolute Gasteiger partial charge is 0.462 e. The van der Waals surface area contributed by atoms with E-state index in [0.717, 1.165) is 0 Å². The van der Waals surface area contributed by atoms with Gasteiger partial charge in [-0.05, 0) is 13.0 Å². The van der Waals surface area contributed by atoms with Crippen molar-refractivity contribution in [2.45, 2.75) is 6.92 Å². The lowest BCUT2D eigenvalue weighted by Crippen LogP contribution is -2.29. The van der Waals surface area contributed by atoms with E-state index in [1.807, 2.05) is 0 Å². The molecule has 17 heavy (non-hydrogen) atoms. The molecule has 0 unspecified atom stereocenters. The number of halogens is 1. The van der Waals surface area contributed by atoms with Gasteiger partial charge in [0.25, 0.3) is 5.65 Å². The first-order chi connectivity index (χ1) is 8.13. The van der Waals surface area contributed by atoms with Crippen molar-refractivity contribution >= 4 is 23.2 Å². The smallest absolute Gasteiger partial charge is 0.357 e. The molecule has 0 atom stereocenters. The van der Waals surface area contributed by atoms with Gasteiger partial charge in [-0.15, -0.1) is 0 Å². The van der Waals surface area contributed by atoms with E-state index in [-0.39, 0.29) is 12.2 Å². The molecule has 2 rings (SSSR count). The van der Waals surface area contributed by atoms with Crippen molar-refractivity contribution in [2.24, 2.45) is 0 Å². The Kier molecular flexibility index (Phi) is 3.10. The molecule has 0 aromatic carbocycles. The van der Waals surface area contributed by atoms with E-state index >= 15 is 0 Å². The van der Waals surface area contributed by atoms with Crippen LogP contribution in [0.15, 0.2) is 29.3 Å². The van der Waals surface area contributed by atoms with Gasteiger partial charge in [0.05, 0.1) is 11.6 Å². The second-order valence-corrected chi connectivity index (χ2v) is 3.77. The van der Waals surface area contributed by atoms with Crippen LogP contribution >= 0.6 is 11.6 Å². The van der Waals surface area contributed by atoms with Gasteiger partial charge in [0, 0.05) is 6.07 Å². The summed E-state index contributed by atoms with van der Waals surface area (Å²) in [4.78, 5) is 26.3. The van der Waals surface area contributed by atoms with Crippen molar-refractivity contribution in [3.8, 4) is 0 Å². The van der Waals surface area contributed by atoms with Crippen molar-refractivity contribution in [2.75, 3.05) is 6.61 Å². The van der Waals surface area contributed by atoms with Gasteiger partial charge in [-0.2, -0.15) is 4.40 Å². The van der Waals surface area contributed by atoms with Crippen LogP contribution in [0.25, 0.3) is 5.65 Å². The number of aromatic nitrogens is 2. The Bertz CT molecular complexity index is 636. The highest BCUT2D eigenvalue weighted by Crippen LogP contribution is 2.06. The average molecular weight is 254 g/mol. The molecule has 0 saturated carbocycles. The molecule has 0 aliphatic carbocycles. The van der Waals surface area contributed by atoms with Crippen LogP contribution in [0.1, 0.15) is 17.3 Å². The van der Waals surface area contributed by atoms with Crippen LogP contribution in [-0.4, -0.2) is 17.0 Å². The number of nitrogens with zero attached hydrogens (tertiary/aromatic N) is 1. The molecule has 0 aliphatic rings. The van der Waals surface area contributed by atoms with E-state index in [1.54, 1.807) is 19.1 Å². The number of fused-ring (bicyclic) bond motifs is 1. The fourth-order valence-corrected chi connectivity index (χ4v) is 1.61. The first kappa shape index (κ1) is 11.6. The minimum Gasteiger partial charge on any atom is -0.462 e. The summed E-state index contributed by atoms with van der Waals surface area (Å²) in [5.74, 6) is -0.650. The number of hydrogen-bond donors (Lipinski definition) is 0. The van der Waals surface area contributed by atoms with Crippen LogP contribution in [0.5, 0.6) is 0 Å². The van der Waals surface area contributed by atoms with Gasteiger partial charge in [0.2, 0.25) is 0 Å². The molecule has 0 amide bonds. The van der Waals surface area contributed by atoms with Gasteiger partial charge in [-0.1, -0.05) is 11.6 Å². The predicted molar refractivity (Wildman–Crippen MR) is 61.2 cm³/mol. The Labute approximate surface area is 102 Å². The number of nitrogens with one attached hydrogen (secondary N) is 1. The van der Waals surface area contributed by atoms with Gasteiger partial charge in [-0.3, -0.25) is 0 Å². The summed E-state index contributed by atoms with van der Waals surface area (Å²) in [7, 11) is 0. The fourth-order valence-electron chi connectivity index (χ4n) is 1.45. The number of H-pyrrole nitrogens is 1. The number of pyridine rings is 1. The zero-order valence-corrected chi connectivity index (χ0v) is 9.82. The van der Waals surface area contributed by atoms with E-state index in [9.17, 15) is 9.59 Å². The highest BCUT2D eigenvalue weighted by molar-refractivity contribution is 6.30. The molecule has 2 aromatic rings. The molecular formula is C11H10ClN2O3+. The average Bonchev–Trinajstić information content (AvgIpc) is 2.30. The van der Waals surface area contributed by atoms with Crippen LogP contribution < -0.4 is 10.5 Å². The third-order valence-electron chi connectivity index (χ3n) is 2.22. The Morgan fingerprint density at radius 1 is 1.53 bits per heavy atom. The van der Waals surface area contributed by atoms with Gasteiger partial charge >= 0.3 is 11.5 Å². The summed E-state index contributed by atoms with van der Waals surface area (Å²) in [5.41, 5.74) is 0.0405. The summed E-state index contributed by atoms with van der Waals surface area (Å²) < 4.78 is 6.06. The standard InChI is InChI=1S/C11H9ClN2O3/c1-2-17-11(16)8-5-13-9-4-3-7(12)6-14(9)10(8)15/h3-6H,2H2,1H3/p+1. The summed E-state index contributed by atoms with van der Waals surface area (Å²) in [6.07, 6.45) is 2.78. The molecule has 0 aliphatic heterocycles. The topological polar surface area (TPSA) is 61.9 Å². The van der Waals surface area contributed by atoms with Gasteiger partial charge in [0.15, 0.2) is 5.56 Å². The number of carbonyl (C=O) groups is 1. The van der Waals surface area contributed by atoms with Gasteiger partial charge in [0.1, 0.15) is 12.4 Å². The highest BCUT2D eigenvalue weighted by atomic mass is 35.5. The lowest BCUT2D eigenvalue weighted by Gasteiger charge is -1.99. The van der Waals surface area contributed by atoms with Gasteiger partial charge in [-0.25, -0.2) is 14.6 Å². The molecule has 0 bridgehead atoms. The molecular weight excluding hydrogens is 244 g/mol. The number of esters is 1. The van der Waals surface area contributed by atoms with Crippen molar-refractivity contribution in [3.05, 3.63) is 45.5 Å². The first-order valence-corrected chi connectivity index (χ1v) is 5.41. The van der Waals surface area contributed by atoms with Crippen LogP contribution in [0, 0.1) is 0 Å². The minimum absolute atomic E-state index is 0.0494. The molecule has 2 aromatic heterocycles. The third-order valence-corrected chi connectivity index (χ3v) is 2.44. The van der Waals surface area contributed by atoms with Crippen molar-refractivity contribution in [3.63, 3.8) is 0 Å². The normalized spacial score (nSPS) is 10.5. The Hall–Kier alpha value is -1.88. The van der Waals surface area contributed by atoms with E-state index in [0.29, 0.717) is 10.7 Å². The fraction of sp³-hybridized carbons (Fsp3) is 0.182. The molecule has 88 valence electrons. The van der Waals surface area contributed by atoms with Crippen LogP contribution in [0.4, 0.5) is 0 Å². The summed E-state index contributed by atoms with van der Waals surface area (Å²) in [6, 6.07) is 3.30. The lowest BCUT2D eigenvalue weighted by molar-refractivity contribution is -0.351. The molecule has 0 spiro atoms. The van der Waals surface area contributed by atoms with Crippen molar-refractivity contribution < 1.29 is 14.5 Å². The summed E-state index contributed by atoms with van der Waals surface area (Å²) in [6.45, 7) is 1.90. The molecule has 0 radical (unpaired) electrons. The van der Waals surface area contributed by atoms with E-state index in [2.05, 4.69) is 4.98 Å². The summed E-state index contributed by atoms with van der Waals surface area (Å²) >= 11 is 5.79. The van der Waals surface area contributed by atoms with E-state index in [1.165, 1.54) is 16.8 Å². The monoisotopic (exact) mass is 253 g/mol. The van der Waals surface area contributed by atoms with Crippen LogP contribution in [-0.2, 0) is 4.74 Å². The Morgan fingerprint density at radius 2 is 2.29 bits per heavy atom. The quantitative estimate of drug-likeness (QED) is 0.749. The minimum atomic E-state index is -0.650. The second kappa shape index (κ2) is 4.55. The van der Waals surface area contributed by atoms with Crippen molar-refractivity contribution in [1.82, 2.24) is 4.40 Å². The number of rotatable bonds is 2. The molecule has 2 heterocycles. The molecule has 1 N–H and O–H groups in total. The van der Waals surface area contributed by atoms with Gasteiger partial charge < -0.3 is 4.74 Å². The first-order valence-electron chi connectivity index (χ1n) is 5.03. The molecule has 6 heteroatoms. The maximum absolute atomic E-state index is 12.0. The maximum Gasteiger partial charge on any atom is 0.357 e. The predicted octanol–water partition coefficient (Wildman–Crippen LogP) is 0.944. The Balaban J connectivity index is 2.65. The number of aromatic amines is 1. The number of ether oxygens (including phenoxy) is 1. The van der Waals surface area contributed by atoms with E-state index in [4.69, 9.17) is 16.3 Å². The zero-order valence-electron chi connectivity index (χ0n) is 9.07. The maximum atomic E-state index is 12.0. The molecule has 0 saturated heterocycles. The highest BCUT2D eigenvalue weighted by Gasteiger charge is 2.18. The number of carbonyl (C=O) groups excluding carboxylic acids is 1. The molecule has 0 fully saturated rings. The van der Waals surface area contributed by atoms with Crippen molar-refractivity contribution in [1.29, 1.82) is 0 Å². The second-order valence-electron chi connectivity index (χ2n) is 3.33. The SMILES string of the molecule is CCOC(=O)c1c[nH+]c2ccc(Cl)cn2c1=O.